The third-order valence-electron chi connectivity index (χ3n) is 2.81. The Morgan fingerprint density at radius 1 is 1.30 bits per heavy atom. The van der Waals surface area contributed by atoms with Crippen molar-refractivity contribution in [2.24, 2.45) is 0 Å². The molecular weight excluding hydrogens is 258 g/mol. The van der Waals surface area contributed by atoms with Crippen molar-refractivity contribution in [2.75, 3.05) is 18.6 Å². The number of esters is 1. The molecule has 0 saturated carbocycles. The van der Waals surface area contributed by atoms with Crippen LogP contribution < -0.4 is 4.90 Å². The number of nitrogens with one attached hydrogen (secondary N) is 1. The number of methoxy groups -OCH3 is 1. The maximum atomic E-state index is 12.4. The predicted octanol–water partition coefficient (Wildman–Crippen LogP) is 1.62. The van der Waals surface area contributed by atoms with Crippen LogP contribution in [-0.4, -0.2) is 35.5 Å². The van der Waals surface area contributed by atoms with Crippen LogP contribution >= 0.6 is 0 Å². The van der Waals surface area contributed by atoms with Gasteiger partial charge in [0.05, 0.1) is 26.1 Å². The Morgan fingerprint density at radius 3 is 2.65 bits per heavy atom. The number of H-pyrrole nitrogens is 1. The van der Waals surface area contributed by atoms with Crippen molar-refractivity contribution < 1.29 is 14.3 Å². The maximum Gasteiger partial charge on any atom is 0.307 e. The van der Waals surface area contributed by atoms with Gasteiger partial charge < -0.3 is 14.6 Å². The van der Waals surface area contributed by atoms with Gasteiger partial charge in [0, 0.05) is 12.2 Å². The summed E-state index contributed by atoms with van der Waals surface area (Å²) in [6.07, 6.45) is 3.03. The molecule has 1 heterocycles. The fourth-order valence-electron chi connectivity index (χ4n) is 1.78. The number of rotatable bonds is 5. The average molecular weight is 273 g/mol. The van der Waals surface area contributed by atoms with Crippen molar-refractivity contribution in [2.45, 2.75) is 6.42 Å². The van der Waals surface area contributed by atoms with Crippen LogP contribution in [0.15, 0.2) is 42.9 Å². The number of aromatic nitrogens is 2. The summed E-state index contributed by atoms with van der Waals surface area (Å²) in [7, 11) is 1.33. The molecule has 0 aliphatic rings. The maximum absolute atomic E-state index is 12.4. The number of amides is 1. The highest BCUT2D eigenvalue weighted by molar-refractivity contribution is 6.04. The largest absolute Gasteiger partial charge is 0.469 e. The molecule has 1 aromatic carbocycles. The van der Waals surface area contributed by atoms with Crippen LogP contribution in [0.3, 0.4) is 0 Å². The van der Waals surface area contributed by atoms with E-state index in [1.807, 2.05) is 30.3 Å². The van der Waals surface area contributed by atoms with Crippen LogP contribution in [-0.2, 0) is 9.53 Å². The molecule has 0 aliphatic carbocycles. The van der Waals surface area contributed by atoms with Crippen LogP contribution in [0.5, 0.6) is 0 Å². The number of carbonyl (C=O) groups is 2. The molecule has 0 atom stereocenters. The molecule has 0 aliphatic heterocycles. The van der Waals surface area contributed by atoms with E-state index in [4.69, 9.17) is 0 Å². The number of aromatic amines is 1. The molecule has 2 rings (SSSR count). The van der Waals surface area contributed by atoms with Gasteiger partial charge in [-0.25, -0.2) is 4.98 Å². The van der Waals surface area contributed by atoms with Crippen molar-refractivity contribution in [3.8, 4) is 0 Å². The van der Waals surface area contributed by atoms with Gasteiger partial charge in [0.15, 0.2) is 0 Å². The van der Waals surface area contributed by atoms with E-state index in [1.54, 1.807) is 0 Å². The molecule has 20 heavy (non-hydrogen) atoms. The number of carbonyl (C=O) groups excluding carboxylic acids is 2. The first kappa shape index (κ1) is 13.8. The number of ether oxygens (including phenoxy) is 1. The molecule has 1 aromatic heterocycles. The number of anilines is 1. The van der Waals surface area contributed by atoms with E-state index in [2.05, 4.69) is 14.7 Å². The fraction of sp³-hybridized carbons (Fsp3) is 0.214. The van der Waals surface area contributed by atoms with Gasteiger partial charge in [0.2, 0.25) is 0 Å². The summed E-state index contributed by atoms with van der Waals surface area (Å²) >= 11 is 0. The second-order valence-electron chi connectivity index (χ2n) is 4.08. The summed E-state index contributed by atoms with van der Waals surface area (Å²) in [6, 6.07) is 9.15. The van der Waals surface area contributed by atoms with Gasteiger partial charge in [-0.15, -0.1) is 0 Å². The molecule has 0 radical (unpaired) electrons. The van der Waals surface area contributed by atoms with Crippen LogP contribution in [0.1, 0.15) is 16.9 Å². The van der Waals surface area contributed by atoms with E-state index in [0.717, 1.165) is 5.69 Å². The fourth-order valence-corrected chi connectivity index (χ4v) is 1.78. The Balaban J connectivity index is 2.20. The van der Waals surface area contributed by atoms with Gasteiger partial charge in [-0.2, -0.15) is 0 Å². The van der Waals surface area contributed by atoms with Crippen molar-refractivity contribution in [3.63, 3.8) is 0 Å². The Labute approximate surface area is 116 Å². The zero-order chi connectivity index (χ0) is 14.4. The minimum atomic E-state index is -0.358. The van der Waals surface area contributed by atoms with Gasteiger partial charge in [0.25, 0.3) is 5.91 Å². The lowest BCUT2D eigenvalue weighted by Crippen LogP contribution is -2.33. The van der Waals surface area contributed by atoms with E-state index in [-0.39, 0.29) is 24.8 Å². The van der Waals surface area contributed by atoms with Crippen LogP contribution in [0, 0.1) is 0 Å². The first-order chi connectivity index (χ1) is 9.72. The lowest BCUT2D eigenvalue weighted by Gasteiger charge is -2.21. The molecule has 0 saturated heterocycles. The number of benzene rings is 1. The number of imidazole rings is 1. The quantitative estimate of drug-likeness (QED) is 0.840. The molecule has 1 amide bonds. The zero-order valence-electron chi connectivity index (χ0n) is 11.1. The molecule has 104 valence electrons. The first-order valence-corrected chi connectivity index (χ1v) is 6.14. The summed E-state index contributed by atoms with van der Waals surface area (Å²) in [6.45, 7) is 0.245. The van der Waals surface area contributed by atoms with Crippen molar-refractivity contribution >= 4 is 17.6 Å². The van der Waals surface area contributed by atoms with Crippen LogP contribution in [0.2, 0.25) is 0 Å². The Hall–Kier alpha value is -2.63. The highest BCUT2D eigenvalue weighted by Crippen LogP contribution is 2.16. The molecule has 1 N–H and O–H groups in total. The molecule has 0 spiro atoms. The zero-order valence-corrected chi connectivity index (χ0v) is 11.1. The molecule has 0 fully saturated rings. The minimum Gasteiger partial charge on any atom is -0.469 e. The third-order valence-corrected chi connectivity index (χ3v) is 2.81. The van der Waals surface area contributed by atoms with E-state index in [9.17, 15) is 9.59 Å². The highest BCUT2D eigenvalue weighted by Gasteiger charge is 2.19. The van der Waals surface area contributed by atoms with E-state index in [0.29, 0.717) is 5.69 Å². The molecule has 2 aromatic rings. The number of nitrogens with zero attached hydrogens (tertiary/aromatic N) is 2. The van der Waals surface area contributed by atoms with Crippen molar-refractivity contribution in [1.82, 2.24) is 9.97 Å². The lowest BCUT2D eigenvalue weighted by atomic mass is 10.2. The second-order valence-corrected chi connectivity index (χ2v) is 4.08. The minimum absolute atomic E-state index is 0.130. The standard InChI is InChI=1S/C14H15N3O3/c1-20-13(18)7-8-17(11-5-3-2-4-6-11)14(19)12-9-15-10-16-12/h2-6,9-10H,7-8H2,1H3,(H,15,16). The molecule has 6 nitrogen and oxygen atoms in total. The molecule has 6 heteroatoms. The highest BCUT2D eigenvalue weighted by atomic mass is 16.5. The van der Waals surface area contributed by atoms with E-state index < -0.39 is 0 Å². The number of hydrogen-bond donors (Lipinski definition) is 1. The van der Waals surface area contributed by atoms with Gasteiger partial charge >= 0.3 is 5.97 Å². The van der Waals surface area contributed by atoms with Crippen molar-refractivity contribution in [3.05, 3.63) is 48.5 Å². The summed E-state index contributed by atoms with van der Waals surface area (Å²) < 4.78 is 4.61. The lowest BCUT2D eigenvalue weighted by molar-refractivity contribution is -0.140. The summed E-state index contributed by atoms with van der Waals surface area (Å²) in [5, 5.41) is 0. The predicted molar refractivity (Wildman–Crippen MR) is 73.3 cm³/mol. The Kier molecular flexibility index (Phi) is 4.49. The van der Waals surface area contributed by atoms with Gasteiger partial charge in [-0.3, -0.25) is 9.59 Å². The Bertz CT molecular complexity index is 567. The summed E-state index contributed by atoms with van der Waals surface area (Å²) in [4.78, 5) is 31.8. The Morgan fingerprint density at radius 2 is 2.05 bits per heavy atom. The molecule has 0 bridgehead atoms. The first-order valence-electron chi connectivity index (χ1n) is 6.14. The SMILES string of the molecule is COC(=O)CCN(C(=O)c1cnc[nH]1)c1ccccc1. The topological polar surface area (TPSA) is 75.3 Å². The van der Waals surface area contributed by atoms with Crippen LogP contribution in [0.4, 0.5) is 5.69 Å². The van der Waals surface area contributed by atoms with Crippen LogP contribution in [0.25, 0.3) is 0 Å². The smallest absolute Gasteiger partial charge is 0.307 e. The average Bonchev–Trinajstić information content (AvgIpc) is 3.02. The summed E-state index contributed by atoms with van der Waals surface area (Å²) in [5.41, 5.74) is 1.09. The van der Waals surface area contributed by atoms with Gasteiger partial charge in [-0.1, -0.05) is 18.2 Å². The van der Waals surface area contributed by atoms with E-state index in [1.165, 1.54) is 24.5 Å². The van der Waals surface area contributed by atoms with Gasteiger partial charge in [0.1, 0.15) is 5.69 Å². The van der Waals surface area contributed by atoms with Gasteiger partial charge in [-0.05, 0) is 12.1 Å². The number of para-hydroxylation sites is 1. The second kappa shape index (κ2) is 6.51. The van der Waals surface area contributed by atoms with E-state index >= 15 is 0 Å². The molecular formula is C14H15N3O3. The monoisotopic (exact) mass is 273 g/mol. The van der Waals surface area contributed by atoms with Crippen molar-refractivity contribution in [1.29, 1.82) is 0 Å². The normalized spacial score (nSPS) is 10.1. The number of hydrogen-bond acceptors (Lipinski definition) is 4. The third kappa shape index (κ3) is 3.23. The molecule has 0 unspecified atom stereocenters. The summed E-state index contributed by atoms with van der Waals surface area (Å²) in [5.74, 6) is -0.596.